The number of ketones is 1. The number of alkyl halides is 3. The van der Waals surface area contributed by atoms with Crippen molar-refractivity contribution in [2.45, 2.75) is 19.2 Å². The van der Waals surface area contributed by atoms with Crippen LogP contribution in [0.15, 0.2) is 42.6 Å². The molecule has 0 bridgehead atoms. The maximum absolute atomic E-state index is 12.6. The van der Waals surface area contributed by atoms with Gasteiger partial charge in [0.05, 0.1) is 5.56 Å². The number of ether oxygens (including phenoxy) is 1. The number of pyridine rings is 1. The molecule has 2 aromatic rings. The van der Waals surface area contributed by atoms with Gasteiger partial charge < -0.3 is 14.7 Å². The normalized spacial score (nSPS) is 16.4. The van der Waals surface area contributed by atoms with Crippen LogP contribution in [-0.4, -0.2) is 66.2 Å². The highest BCUT2D eigenvalue weighted by atomic mass is 19.4. The quantitative estimate of drug-likeness (QED) is 0.691. The van der Waals surface area contributed by atoms with Crippen molar-refractivity contribution in [2.75, 3.05) is 44.2 Å². The third-order valence-electron chi connectivity index (χ3n) is 4.94. The van der Waals surface area contributed by atoms with Crippen LogP contribution in [0.1, 0.15) is 22.8 Å². The summed E-state index contributed by atoms with van der Waals surface area (Å²) in [5.74, 6) is 1.07. The monoisotopic (exact) mass is 423 g/mol. The molecule has 1 fully saturated rings. The summed E-state index contributed by atoms with van der Waals surface area (Å²) in [4.78, 5) is 19.2. The van der Waals surface area contributed by atoms with E-state index in [0.717, 1.165) is 12.3 Å². The molecule has 0 saturated carbocycles. The van der Waals surface area contributed by atoms with E-state index in [0.29, 0.717) is 49.9 Å². The van der Waals surface area contributed by atoms with E-state index in [1.54, 1.807) is 24.3 Å². The average Bonchev–Trinajstić information content (AvgIpc) is 2.72. The number of benzene rings is 1. The number of rotatable bonds is 7. The van der Waals surface area contributed by atoms with Crippen LogP contribution < -0.4 is 9.64 Å². The summed E-state index contributed by atoms with van der Waals surface area (Å²) in [6.45, 7) is 4.59. The summed E-state index contributed by atoms with van der Waals surface area (Å²) in [5, 5.41) is 10.2. The van der Waals surface area contributed by atoms with E-state index < -0.39 is 17.8 Å². The Hall–Kier alpha value is -2.65. The largest absolute Gasteiger partial charge is 0.491 e. The van der Waals surface area contributed by atoms with Crippen molar-refractivity contribution < 1.29 is 27.8 Å². The lowest BCUT2D eigenvalue weighted by atomic mass is 10.1. The molecule has 0 radical (unpaired) electrons. The van der Waals surface area contributed by atoms with Gasteiger partial charge in [0.15, 0.2) is 5.78 Å². The second kappa shape index (κ2) is 9.44. The van der Waals surface area contributed by atoms with Crippen molar-refractivity contribution in [1.29, 1.82) is 0 Å². The zero-order chi connectivity index (χ0) is 21.7. The number of hydrogen-bond donors (Lipinski definition) is 1. The molecule has 6 nitrogen and oxygen atoms in total. The Bertz CT molecular complexity index is 833. The van der Waals surface area contributed by atoms with Gasteiger partial charge >= 0.3 is 6.18 Å². The zero-order valence-corrected chi connectivity index (χ0v) is 16.6. The molecule has 1 aliphatic heterocycles. The van der Waals surface area contributed by atoms with E-state index in [4.69, 9.17) is 4.74 Å². The first-order valence-corrected chi connectivity index (χ1v) is 9.65. The number of anilines is 1. The number of Topliss-reactive ketones (excluding diaryl/α,β-unsaturated/α-hetero) is 1. The lowest BCUT2D eigenvalue weighted by Gasteiger charge is -2.36. The van der Waals surface area contributed by atoms with Crippen LogP contribution in [0.5, 0.6) is 5.75 Å². The summed E-state index contributed by atoms with van der Waals surface area (Å²) < 4.78 is 43.5. The minimum absolute atomic E-state index is 0.0211. The van der Waals surface area contributed by atoms with E-state index in [1.807, 2.05) is 4.90 Å². The Morgan fingerprint density at radius 2 is 1.80 bits per heavy atom. The number of hydrogen-bond acceptors (Lipinski definition) is 6. The van der Waals surface area contributed by atoms with Gasteiger partial charge in [0.2, 0.25) is 0 Å². The van der Waals surface area contributed by atoms with Crippen LogP contribution in [0.25, 0.3) is 0 Å². The summed E-state index contributed by atoms with van der Waals surface area (Å²) in [6, 6.07) is 9.17. The smallest absolute Gasteiger partial charge is 0.417 e. The second-order valence-electron chi connectivity index (χ2n) is 7.24. The van der Waals surface area contributed by atoms with Crippen molar-refractivity contribution in [3.05, 3.63) is 53.7 Å². The van der Waals surface area contributed by atoms with Crippen LogP contribution >= 0.6 is 0 Å². The third-order valence-corrected chi connectivity index (χ3v) is 4.94. The molecule has 2 heterocycles. The highest BCUT2D eigenvalue weighted by Gasteiger charge is 2.31. The van der Waals surface area contributed by atoms with Crippen LogP contribution in [0.2, 0.25) is 0 Å². The van der Waals surface area contributed by atoms with Crippen LogP contribution in [-0.2, 0) is 6.18 Å². The Labute approximate surface area is 172 Å². The molecule has 1 aromatic heterocycles. The van der Waals surface area contributed by atoms with Gasteiger partial charge in [-0.3, -0.25) is 9.69 Å². The van der Waals surface area contributed by atoms with Gasteiger partial charge in [0.25, 0.3) is 0 Å². The molecule has 1 aromatic carbocycles. The maximum Gasteiger partial charge on any atom is 0.417 e. The van der Waals surface area contributed by atoms with Gasteiger partial charge in [-0.2, -0.15) is 13.2 Å². The number of halogens is 3. The van der Waals surface area contributed by atoms with Gasteiger partial charge in [0, 0.05) is 44.5 Å². The number of aromatic nitrogens is 1. The van der Waals surface area contributed by atoms with E-state index in [9.17, 15) is 23.1 Å². The van der Waals surface area contributed by atoms with Gasteiger partial charge in [-0.1, -0.05) is 0 Å². The summed E-state index contributed by atoms with van der Waals surface area (Å²) in [6.07, 6.45) is -4.22. The first-order chi connectivity index (χ1) is 14.2. The van der Waals surface area contributed by atoms with Crippen molar-refractivity contribution >= 4 is 11.6 Å². The van der Waals surface area contributed by atoms with Gasteiger partial charge in [-0.05, 0) is 43.3 Å². The van der Waals surface area contributed by atoms with Crippen molar-refractivity contribution in [3.63, 3.8) is 0 Å². The van der Waals surface area contributed by atoms with Crippen LogP contribution in [0.3, 0.4) is 0 Å². The van der Waals surface area contributed by atoms with Gasteiger partial charge in [-0.15, -0.1) is 0 Å². The molecule has 3 rings (SSSR count). The number of β-amino-alcohol motifs (C(OH)–C–C–N with tert-alkyl or cyclic N) is 1. The van der Waals surface area contributed by atoms with E-state index in [2.05, 4.69) is 9.88 Å². The number of nitrogens with zero attached hydrogens (tertiary/aromatic N) is 3. The molecule has 1 saturated heterocycles. The Balaban J connectivity index is 1.42. The molecular formula is C21H24F3N3O3. The van der Waals surface area contributed by atoms with Gasteiger partial charge in [-0.25, -0.2) is 4.98 Å². The molecule has 1 aliphatic rings. The predicted octanol–water partition coefficient (Wildman–Crippen LogP) is 2.86. The molecule has 162 valence electrons. The Kier molecular flexibility index (Phi) is 6.94. The molecule has 1 atom stereocenters. The molecular weight excluding hydrogens is 399 g/mol. The maximum atomic E-state index is 12.6. The standard InChI is InChI=1S/C21H24F3N3O3/c1-15(28)16-2-5-19(6-3-16)30-14-18(29)13-26-8-10-27(11-9-26)20-7-4-17(12-25-20)21(22,23)24/h2-7,12,18,29H,8-11,13-14H2,1H3/t18-/m1/s1. The number of aliphatic hydroxyl groups excluding tert-OH is 1. The topological polar surface area (TPSA) is 65.9 Å². The minimum Gasteiger partial charge on any atom is -0.491 e. The van der Waals surface area contributed by atoms with Crippen LogP contribution in [0.4, 0.5) is 19.0 Å². The highest BCUT2D eigenvalue weighted by Crippen LogP contribution is 2.29. The molecule has 1 N–H and O–H groups in total. The van der Waals surface area contributed by atoms with Crippen molar-refractivity contribution in [3.8, 4) is 5.75 Å². The Morgan fingerprint density at radius 1 is 1.13 bits per heavy atom. The number of carbonyl (C=O) groups excluding carboxylic acids is 1. The fraction of sp³-hybridized carbons (Fsp3) is 0.429. The lowest BCUT2D eigenvalue weighted by molar-refractivity contribution is -0.137. The average molecular weight is 423 g/mol. The zero-order valence-electron chi connectivity index (χ0n) is 16.6. The molecule has 9 heteroatoms. The Morgan fingerprint density at radius 3 is 2.33 bits per heavy atom. The minimum atomic E-state index is -4.39. The third kappa shape index (κ3) is 5.93. The van der Waals surface area contributed by atoms with Crippen LogP contribution in [0, 0.1) is 0 Å². The second-order valence-corrected chi connectivity index (χ2v) is 7.24. The van der Waals surface area contributed by atoms with Gasteiger partial charge in [0.1, 0.15) is 24.3 Å². The van der Waals surface area contributed by atoms with E-state index in [-0.39, 0.29) is 12.4 Å². The molecule has 0 unspecified atom stereocenters. The van der Waals surface area contributed by atoms with E-state index >= 15 is 0 Å². The molecule has 0 aliphatic carbocycles. The summed E-state index contributed by atoms with van der Waals surface area (Å²) in [5.41, 5.74) is -0.160. The molecule has 0 spiro atoms. The fourth-order valence-corrected chi connectivity index (χ4v) is 3.23. The number of carbonyl (C=O) groups is 1. The van der Waals surface area contributed by atoms with Crippen molar-refractivity contribution in [2.24, 2.45) is 0 Å². The molecule has 0 amide bonds. The number of aliphatic hydroxyl groups is 1. The predicted molar refractivity (Wildman–Crippen MR) is 106 cm³/mol. The first kappa shape index (κ1) is 22.0. The summed E-state index contributed by atoms with van der Waals surface area (Å²) >= 11 is 0. The van der Waals surface area contributed by atoms with Crippen molar-refractivity contribution in [1.82, 2.24) is 9.88 Å². The SMILES string of the molecule is CC(=O)c1ccc(OC[C@H](O)CN2CCN(c3ccc(C(F)(F)F)cn3)CC2)cc1. The van der Waals surface area contributed by atoms with E-state index in [1.165, 1.54) is 13.0 Å². The first-order valence-electron chi connectivity index (χ1n) is 9.65. The highest BCUT2D eigenvalue weighted by molar-refractivity contribution is 5.94. The lowest BCUT2D eigenvalue weighted by Crippen LogP contribution is -2.49. The number of piperazine rings is 1. The molecule has 30 heavy (non-hydrogen) atoms. The fourth-order valence-electron chi connectivity index (χ4n) is 3.23. The summed E-state index contributed by atoms with van der Waals surface area (Å²) in [7, 11) is 0.